The average Bonchev–Trinajstić information content (AvgIpc) is 2.76. The highest BCUT2D eigenvalue weighted by Crippen LogP contribution is 2.37. The van der Waals surface area contributed by atoms with Gasteiger partial charge in [-0.15, -0.1) is 0 Å². The summed E-state index contributed by atoms with van der Waals surface area (Å²) in [7, 11) is 0. The van der Waals surface area contributed by atoms with Gasteiger partial charge in [0.25, 0.3) is 0 Å². The van der Waals surface area contributed by atoms with E-state index in [1.165, 1.54) is 0 Å². The van der Waals surface area contributed by atoms with Gasteiger partial charge in [-0.25, -0.2) is 0 Å². The fourth-order valence-corrected chi connectivity index (χ4v) is 3.05. The SMILES string of the molecule is CCCCCCOc1cc(C(C#N)C#N)c(OCCCCCC)cc1C(C#N)C#N. The molecule has 1 aromatic carbocycles. The summed E-state index contributed by atoms with van der Waals surface area (Å²) in [6.07, 6.45) is 8.18. The third kappa shape index (κ3) is 7.66. The van der Waals surface area contributed by atoms with Crippen molar-refractivity contribution in [2.24, 2.45) is 0 Å². The summed E-state index contributed by atoms with van der Waals surface area (Å²) < 4.78 is 11.8. The Bertz CT molecular complexity index is 726. The van der Waals surface area contributed by atoms with E-state index in [0.717, 1.165) is 51.4 Å². The summed E-state index contributed by atoms with van der Waals surface area (Å²) in [5.41, 5.74) is 0.829. The molecule has 0 N–H and O–H groups in total. The Kier molecular flexibility index (Phi) is 12.2. The number of hydrogen-bond acceptors (Lipinski definition) is 6. The van der Waals surface area contributed by atoms with Crippen LogP contribution in [0.15, 0.2) is 12.1 Å². The monoisotopic (exact) mass is 406 g/mol. The summed E-state index contributed by atoms with van der Waals surface area (Å²) >= 11 is 0. The molecule has 0 unspecified atom stereocenters. The standard InChI is InChI=1S/C24H30N4O2/c1-3-5-7-9-11-29-23-13-22(20(17-27)18-28)24(30-12-10-8-6-4-2)14-21(23)19(15-25)16-26/h13-14,19-20H,3-12H2,1-2H3. The van der Waals surface area contributed by atoms with Crippen LogP contribution in [-0.4, -0.2) is 13.2 Å². The molecule has 0 aromatic heterocycles. The van der Waals surface area contributed by atoms with E-state index in [1.807, 2.05) is 24.3 Å². The van der Waals surface area contributed by atoms with E-state index in [2.05, 4.69) is 13.8 Å². The zero-order valence-electron chi connectivity index (χ0n) is 18.0. The summed E-state index contributed by atoms with van der Waals surface area (Å²) in [6, 6.07) is 11.1. The van der Waals surface area contributed by atoms with Crippen molar-refractivity contribution >= 4 is 0 Å². The van der Waals surface area contributed by atoms with Crippen molar-refractivity contribution in [3.8, 4) is 35.8 Å². The van der Waals surface area contributed by atoms with E-state index in [0.29, 0.717) is 35.8 Å². The fourth-order valence-electron chi connectivity index (χ4n) is 3.05. The van der Waals surface area contributed by atoms with Crippen LogP contribution >= 0.6 is 0 Å². The van der Waals surface area contributed by atoms with Crippen molar-refractivity contribution in [1.82, 2.24) is 0 Å². The van der Waals surface area contributed by atoms with Gasteiger partial charge in [-0.2, -0.15) is 21.0 Å². The number of nitriles is 4. The number of hydrogen-bond donors (Lipinski definition) is 0. The second-order valence-electron chi connectivity index (χ2n) is 7.13. The van der Waals surface area contributed by atoms with Gasteiger partial charge < -0.3 is 9.47 Å². The predicted molar refractivity (Wildman–Crippen MR) is 114 cm³/mol. The molecule has 158 valence electrons. The second kappa shape index (κ2) is 14.7. The lowest BCUT2D eigenvalue weighted by molar-refractivity contribution is 0.292. The van der Waals surface area contributed by atoms with Crippen molar-refractivity contribution in [1.29, 1.82) is 21.0 Å². The normalized spacial score (nSPS) is 10.1. The molecule has 0 saturated heterocycles. The molecular formula is C24H30N4O2. The number of rotatable bonds is 14. The van der Waals surface area contributed by atoms with Crippen LogP contribution in [0.2, 0.25) is 0 Å². The Morgan fingerprint density at radius 3 is 1.30 bits per heavy atom. The quantitative estimate of drug-likeness (QED) is 0.357. The molecule has 1 aromatic rings. The van der Waals surface area contributed by atoms with Gasteiger partial charge in [-0.05, 0) is 25.0 Å². The molecule has 30 heavy (non-hydrogen) atoms. The first kappa shape index (κ1) is 24.8. The third-order valence-electron chi connectivity index (χ3n) is 4.79. The maximum absolute atomic E-state index is 9.41. The fraction of sp³-hybridized carbons (Fsp3) is 0.583. The van der Waals surface area contributed by atoms with Crippen LogP contribution in [0, 0.1) is 45.3 Å². The van der Waals surface area contributed by atoms with Crippen LogP contribution in [0.3, 0.4) is 0 Å². The van der Waals surface area contributed by atoms with Crippen molar-refractivity contribution < 1.29 is 9.47 Å². The summed E-state index contributed by atoms with van der Waals surface area (Å²) in [5.74, 6) is -1.31. The molecule has 0 spiro atoms. The molecule has 0 atom stereocenters. The Morgan fingerprint density at radius 1 is 0.633 bits per heavy atom. The van der Waals surface area contributed by atoms with E-state index in [9.17, 15) is 21.0 Å². The summed E-state index contributed by atoms with van der Waals surface area (Å²) in [6.45, 7) is 5.13. The highest BCUT2D eigenvalue weighted by Gasteiger charge is 2.23. The first-order valence-electron chi connectivity index (χ1n) is 10.7. The summed E-state index contributed by atoms with van der Waals surface area (Å²) in [4.78, 5) is 0. The molecule has 6 nitrogen and oxygen atoms in total. The lowest BCUT2D eigenvalue weighted by Gasteiger charge is -2.18. The largest absolute Gasteiger partial charge is 0.493 e. The number of benzene rings is 1. The van der Waals surface area contributed by atoms with Crippen LogP contribution < -0.4 is 9.47 Å². The van der Waals surface area contributed by atoms with Gasteiger partial charge in [0.2, 0.25) is 0 Å². The van der Waals surface area contributed by atoms with E-state index in [1.54, 1.807) is 12.1 Å². The zero-order chi connectivity index (χ0) is 22.2. The van der Waals surface area contributed by atoms with Crippen molar-refractivity contribution in [3.63, 3.8) is 0 Å². The van der Waals surface area contributed by atoms with Gasteiger partial charge in [-0.3, -0.25) is 0 Å². The Hall–Kier alpha value is -3.22. The van der Waals surface area contributed by atoms with Gasteiger partial charge in [0.1, 0.15) is 11.5 Å². The van der Waals surface area contributed by atoms with Crippen molar-refractivity contribution in [2.75, 3.05) is 13.2 Å². The average molecular weight is 407 g/mol. The Labute approximate surface area is 180 Å². The molecule has 0 aliphatic carbocycles. The molecule has 0 fully saturated rings. The minimum Gasteiger partial charge on any atom is -0.493 e. The van der Waals surface area contributed by atoms with Crippen LogP contribution in [0.5, 0.6) is 11.5 Å². The van der Waals surface area contributed by atoms with Gasteiger partial charge in [0.15, 0.2) is 11.8 Å². The molecule has 0 aliphatic rings. The molecular weight excluding hydrogens is 376 g/mol. The van der Waals surface area contributed by atoms with Crippen LogP contribution in [-0.2, 0) is 0 Å². The van der Waals surface area contributed by atoms with Gasteiger partial charge in [-0.1, -0.05) is 52.4 Å². The van der Waals surface area contributed by atoms with Gasteiger partial charge >= 0.3 is 0 Å². The first-order chi connectivity index (χ1) is 14.7. The maximum Gasteiger partial charge on any atom is 0.161 e. The van der Waals surface area contributed by atoms with Crippen LogP contribution in [0.4, 0.5) is 0 Å². The summed E-state index contributed by atoms with van der Waals surface area (Å²) in [5, 5.41) is 37.6. The third-order valence-corrected chi connectivity index (χ3v) is 4.79. The van der Waals surface area contributed by atoms with Crippen molar-refractivity contribution in [2.45, 2.75) is 77.0 Å². The van der Waals surface area contributed by atoms with E-state index >= 15 is 0 Å². The lowest BCUT2D eigenvalue weighted by atomic mass is 9.94. The first-order valence-corrected chi connectivity index (χ1v) is 10.7. The van der Waals surface area contributed by atoms with Crippen molar-refractivity contribution in [3.05, 3.63) is 23.3 Å². The topological polar surface area (TPSA) is 114 Å². The van der Waals surface area contributed by atoms with Gasteiger partial charge in [0, 0.05) is 11.1 Å². The zero-order valence-corrected chi connectivity index (χ0v) is 18.0. The molecule has 6 heteroatoms. The number of nitrogens with zero attached hydrogens (tertiary/aromatic N) is 4. The van der Waals surface area contributed by atoms with Gasteiger partial charge in [0.05, 0.1) is 37.5 Å². The van der Waals surface area contributed by atoms with E-state index in [-0.39, 0.29) is 0 Å². The number of unbranched alkanes of at least 4 members (excludes halogenated alkanes) is 6. The highest BCUT2D eigenvalue weighted by atomic mass is 16.5. The molecule has 0 bridgehead atoms. The Morgan fingerprint density at radius 2 is 1.00 bits per heavy atom. The molecule has 0 radical (unpaired) electrons. The number of ether oxygens (including phenoxy) is 2. The Balaban J connectivity index is 3.23. The van der Waals surface area contributed by atoms with Crippen LogP contribution in [0.25, 0.3) is 0 Å². The molecule has 1 rings (SSSR count). The van der Waals surface area contributed by atoms with E-state index < -0.39 is 11.8 Å². The molecule has 0 heterocycles. The van der Waals surface area contributed by atoms with Crippen LogP contribution in [0.1, 0.15) is 88.2 Å². The minimum absolute atomic E-state index is 0.364. The van der Waals surface area contributed by atoms with E-state index in [4.69, 9.17) is 9.47 Å². The maximum atomic E-state index is 9.41. The lowest BCUT2D eigenvalue weighted by Crippen LogP contribution is -2.08. The highest BCUT2D eigenvalue weighted by molar-refractivity contribution is 5.54. The smallest absolute Gasteiger partial charge is 0.161 e. The molecule has 0 aliphatic heterocycles. The minimum atomic E-state index is -1.02. The molecule has 0 saturated carbocycles. The molecule has 0 amide bonds. The second-order valence-corrected chi connectivity index (χ2v) is 7.13. The predicted octanol–water partition coefficient (Wildman–Crippen LogP) is 5.87.